The summed E-state index contributed by atoms with van der Waals surface area (Å²) >= 11 is 0. The topological polar surface area (TPSA) is 75.4 Å². The van der Waals surface area contributed by atoms with E-state index >= 15 is 0 Å². The molecule has 1 aromatic heterocycles. The highest BCUT2D eigenvalue weighted by molar-refractivity contribution is 5.80. The minimum absolute atomic E-state index is 0.201. The molecule has 0 aliphatic heterocycles. The third kappa shape index (κ3) is 3.80. The van der Waals surface area contributed by atoms with Crippen molar-refractivity contribution in [3.8, 4) is 0 Å². The van der Waals surface area contributed by atoms with Crippen molar-refractivity contribution >= 4 is 11.9 Å². The molecule has 1 heterocycles. The van der Waals surface area contributed by atoms with Gasteiger partial charge in [0.15, 0.2) is 0 Å². The molecule has 15 heavy (non-hydrogen) atoms. The first-order valence-electron chi connectivity index (χ1n) is 4.53. The maximum atomic E-state index is 11.4. The van der Waals surface area contributed by atoms with Crippen LogP contribution in [0.15, 0.2) is 18.5 Å². The molecule has 0 bridgehead atoms. The smallest absolute Gasteiger partial charge is 0.323 e. The van der Waals surface area contributed by atoms with Crippen LogP contribution in [0.25, 0.3) is 0 Å². The summed E-state index contributed by atoms with van der Waals surface area (Å²) in [5, 5.41) is 12.4. The van der Waals surface area contributed by atoms with Crippen LogP contribution in [0.5, 0.6) is 0 Å². The van der Waals surface area contributed by atoms with Crippen LogP contribution in [0.2, 0.25) is 0 Å². The maximum Gasteiger partial charge on any atom is 0.323 e. The molecule has 1 aromatic rings. The Morgan fingerprint density at radius 2 is 2.27 bits per heavy atom. The zero-order valence-corrected chi connectivity index (χ0v) is 8.46. The Morgan fingerprint density at radius 1 is 1.53 bits per heavy atom. The van der Waals surface area contributed by atoms with Crippen molar-refractivity contribution < 1.29 is 14.7 Å². The standard InChI is InChI=1S/C9H13N3O3/c1-11(7-9(14)15)8(13)3-6-12-5-2-4-10-12/h2,4-5H,3,6-7H2,1H3,(H,14,15). The van der Waals surface area contributed by atoms with Crippen molar-refractivity contribution in [2.75, 3.05) is 13.6 Å². The van der Waals surface area contributed by atoms with Crippen molar-refractivity contribution in [3.05, 3.63) is 18.5 Å². The van der Waals surface area contributed by atoms with Crippen LogP contribution < -0.4 is 0 Å². The number of nitrogens with zero attached hydrogens (tertiary/aromatic N) is 3. The molecule has 0 radical (unpaired) electrons. The number of carbonyl (C=O) groups is 2. The average Bonchev–Trinajstić information content (AvgIpc) is 2.65. The summed E-state index contributed by atoms with van der Waals surface area (Å²) in [5.41, 5.74) is 0. The van der Waals surface area contributed by atoms with Gasteiger partial charge in [-0.1, -0.05) is 0 Å². The number of carbonyl (C=O) groups excluding carboxylic acids is 1. The van der Waals surface area contributed by atoms with Gasteiger partial charge in [0.25, 0.3) is 0 Å². The van der Waals surface area contributed by atoms with E-state index in [0.29, 0.717) is 6.54 Å². The number of likely N-dealkylation sites (N-methyl/N-ethyl adjacent to an activating group) is 1. The molecule has 6 heteroatoms. The highest BCUT2D eigenvalue weighted by Gasteiger charge is 2.11. The number of aryl methyl sites for hydroxylation is 1. The van der Waals surface area contributed by atoms with Crippen molar-refractivity contribution in [3.63, 3.8) is 0 Å². The predicted molar refractivity (Wildman–Crippen MR) is 52.1 cm³/mol. The van der Waals surface area contributed by atoms with E-state index in [2.05, 4.69) is 5.10 Å². The minimum atomic E-state index is -1.01. The first-order valence-corrected chi connectivity index (χ1v) is 4.53. The first kappa shape index (κ1) is 11.2. The van der Waals surface area contributed by atoms with E-state index in [1.807, 2.05) is 0 Å². The van der Waals surface area contributed by atoms with E-state index in [-0.39, 0.29) is 18.9 Å². The second-order valence-corrected chi connectivity index (χ2v) is 3.16. The third-order valence-corrected chi connectivity index (χ3v) is 1.91. The Morgan fingerprint density at radius 3 is 2.80 bits per heavy atom. The van der Waals surface area contributed by atoms with E-state index in [1.165, 1.54) is 11.9 Å². The summed E-state index contributed by atoms with van der Waals surface area (Å²) in [6.07, 6.45) is 3.64. The number of hydrogen-bond acceptors (Lipinski definition) is 3. The molecule has 82 valence electrons. The molecule has 0 fully saturated rings. The Labute approximate surface area is 87.1 Å². The number of carboxylic acid groups (broad SMARTS) is 1. The number of rotatable bonds is 5. The van der Waals surface area contributed by atoms with E-state index in [9.17, 15) is 9.59 Å². The highest BCUT2D eigenvalue weighted by atomic mass is 16.4. The largest absolute Gasteiger partial charge is 0.480 e. The fourth-order valence-corrected chi connectivity index (χ4v) is 1.12. The van der Waals surface area contributed by atoms with Crippen LogP contribution in [0.3, 0.4) is 0 Å². The minimum Gasteiger partial charge on any atom is -0.480 e. The van der Waals surface area contributed by atoms with E-state index < -0.39 is 5.97 Å². The molecule has 1 rings (SSSR count). The lowest BCUT2D eigenvalue weighted by Gasteiger charge is -2.14. The number of amides is 1. The van der Waals surface area contributed by atoms with Crippen molar-refractivity contribution in [1.82, 2.24) is 14.7 Å². The lowest BCUT2D eigenvalue weighted by molar-refractivity contribution is -0.143. The fraction of sp³-hybridized carbons (Fsp3) is 0.444. The summed E-state index contributed by atoms with van der Waals surface area (Å²) in [5.74, 6) is -1.21. The van der Waals surface area contributed by atoms with Gasteiger partial charge in [-0.25, -0.2) is 0 Å². The van der Waals surface area contributed by atoms with Crippen LogP contribution in [0, 0.1) is 0 Å². The predicted octanol–water partition coefficient (Wildman–Crippen LogP) is -0.184. The van der Waals surface area contributed by atoms with Gasteiger partial charge in [-0.15, -0.1) is 0 Å². The molecule has 0 aliphatic carbocycles. The molecule has 0 spiro atoms. The van der Waals surface area contributed by atoms with Gasteiger partial charge in [-0.05, 0) is 6.07 Å². The lowest BCUT2D eigenvalue weighted by atomic mass is 10.3. The number of hydrogen-bond donors (Lipinski definition) is 1. The molecular formula is C9H13N3O3. The monoisotopic (exact) mass is 211 g/mol. The Hall–Kier alpha value is -1.85. The van der Waals surface area contributed by atoms with Crippen molar-refractivity contribution in [2.24, 2.45) is 0 Å². The van der Waals surface area contributed by atoms with Gasteiger partial charge < -0.3 is 10.0 Å². The zero-order valence-electron chi connectivity index (χ0n) is 8.46. The SMILES string of the molecule is CN(CC(=O)O)C(=O)CCn1cccn1. The third-order valence-electron chi connectivity index (χ3n) is 1.91. The van der Waals surface area contributed by atoms with E-state index in [1.54, 1.807) is 23.1 Å². The molecule has 0 unspecified atom stereocenters. The van der Waals surface area contributed by atoms with Gasteiger partial charge in [0.2, 0.25) is 5.91 Å². The molecule has 0 atom stereocenters. The van der Waals surface area contributed by atoms with Crippen molar-refractivity contribution in [1.29, 1.82) is 0 Å². The Balaban J connectivity index is 2.32. The first-order chi connectivity index (χ1) is 7.09. The summed E-state index contributed by atoms with van der Waals surface area (Å²) < 4.78 is 1.63. The summed E-state index contributed by atoms with van der Waals surface area (Å²) in [6.45, 7) is 0.202. The van der Waals surface area contributed by atoms with Crippen molar-refractivity contribution in [2.45, 2.75) is 13.0 Å². The fourth-order valence-electron chi connectivity index (χ4n) is 1.12. The number of carboxylic acids is 1. The van der Waals surface area contributed by atoms with Gasteiger partial charge in [0.05, 0.1) is 0 Å². The second-order valence-electron chi connectivity index (χ2n) is 3.16. The molecule has 0 aliphatic rings. The number of aliphatic carboxylic acids is 1. The van der Waals surface area contributed by atoms with Gasteiger partial charge >= 0.3 is 5.97 Å². The second kappa shape index (κ2) is 5.14. The van der Waals surface area contributed by atoms with Gasteiger partial charge in [-0.2, -0.15) is 5.10 Å². The van der Waals surface area contributed by atoms with Gasteiger partial charge in [0, 0.05) is 32.4 Å². The molecular weight excluding hydrogens is 198 g/mol. The van der Waals surface area contributed by atoms with E-state index in [0.717, 1.165) is 0 Å². The van der Waals surface area contributed by atoms with Crippen LogP contribution in [0.4, 0.5) is 0 Å². The van der Waals surface area contributed by atoms with Gasteiger partial charge in [0.1, 0.15) is 6.54 Å². The summed E-state index contributed by atoms with van der Waals surface area (Å²) in [7, 11) is 1.47. The summed E-state index contributed by atoms with van der Waals surface area (Å²) in [4.78, 5) is 22.9. The maximum absolute atomic E-state index is 11.4. The molecule has 0 saturated carbocycles. The normalized spacial score (nSPS) is 9.93. The molecule has 0 aromatic carbocycles. The summed E-state index contributed by atoms with van der Waals surface area (Å²) in [6, 6.07) is 1.77. The van der Waals surface area contributed by atoms with Gasteiger partial charge in [-0.3, -0.25) is 14.3 Å². The van der Waals surface area contributed by atoms with Crippen LogP contribution >= 0.6 is 0 Å². The lowest BCUT2D eigenvalue weighted by Crippen LogP contribution is -2.32. The quantitative estimate of drug-likeness (QED) is 0.732. The Kier molecular flexibility index (Phi) is 3.84. The molecule has 1 N–H and O–H groups in total. The van der Waals surface area contributed by atoms with Crippen LogP contribution in [-0.2, 0) is 16.1 Å². The van der Waals surface area contributed by atoms with Crippen LogP contribution in [-0.4, -0.2) is 45.3 Å². The zero-order chi connectivity index (χ0) is 11.3. The molecule has 1 amide bonds. The highest BCUT2D eigenvalue weighted by Crippen LogP contribution is 1.94. The molecule has 0 saturated heterocycles. The van der Waals surface area contributed by atoms with Crippen LogP contribution in [0.1, 0.15) is 6.42 Å². The number of aromatic nitrogens is 2. The average molecular weight is 211 g/mol. The van der Waals surface area contributed by atoms with E-state index in [4.69, 9.17) is 5.11 Å². The molecule has 6 nitrogen and oxygen atoms in total. The Bertz CT molecular complexity index is 334.